The molecule has 4 rings (SSSR count). The Morgan fingerprint density at radius 3 is 2.96 bits per heavy atom. The summed E-state index contributed by atoms with van der Waals surface area (Å²) in [5.74, 6) is 0.629. The summed E-state index contributed by atoms with van der Waals surface area (Å²) >= 11 is 0. The third-order valence-electron chi connectivity index (χ3n) is 5.89. The first-order valence-corrected chi connectivity index (χ1v) is 8.93. The van der Waals surface area contributed by atoms with Gasteiger partial charge in [-0.15, -0.1) is 0 Å². The highest BCUT2D eigenvalue weighted by Gasteiger charge is 2.45. The van der Waals surface area contributed by atoms with E-state index < -0.39 is 5.54 Å². The van der Waals surface area contributed by atoms with E-state index in [1.807, 2.05) is 16.9 Å². The molecule has 1 amide bonds. The summed E-state index contributed by atoms with van der Waals surface area (Å²) in [6.45, 7) is 2.55. The van der Waals surface area contributed by atoms with Crippen molar-refractivity contribution in [2.75, 3.05) is 19.7 Å². The van der Waals surface area contributed by atoms with Crippen LogP contribution in [0.2, 0.25) is 0 Å². The average molecular weight is 318 g/mol. The van der Waals surface area contributed by atoms with Crippen LogP contribution in [0.15, 0.2) is 18.5 Å². The van der Waals surface area contributed by atoms with Gasteiger partial charge in [0.25, 0.3) is 0 Å². The Labute approximate surface area is 137 Å². The van der Waals surface area contributed by atoms with E-state index in [-0.39, 0.29) is 11.9 Å². The number of hydrogen-bond donors (Lipinski definition) is 2. The van der Waals surface area contributed by atoms with Gasteiger partial charge in [0.05, 0.1) is 6.10 Å². The number of ether oxygens (including phenoxy) is 1. The molecule has 3 atom stereocenters. The summed E-state index contributed by atoms with van der Waals surface area (Å²) < 4.78 is 7.70. The van der Waals surface area contributed by atoms with Crippen LogP contribution in [0, 0.1) is 5.92 Å². The summed E-state index contributed by atoms with van der Waals surface area (Å²) in [7, 11) is 0. The molecule has 2 N–H and O–H groups in total. The third-order valence-corrected chi connectivity index (χ3v) is 5.89. The molecule has 1 saturated carbocycles. The maximum absolute atomic E-state index is 13.2. The van der Waals surface area contributed by atoms with Gasteiger partial charge in [0, 0.05) is 31.0 Å². The van der Waals surface area contributed by atoms with E-state index in [2.05, 4.69) is 15.7 Å². The van der Waals surface area contributed by atoms with Gasteiger partial charge in [0.1, 0.15) is 5.54 Å². The zero-order chi connectivity index (χ0) is 15.7. The monoisotopic (exact) mass is 318 g/mol. The Kier molecular flexibility index (Phi) is 4.11. The van der Waals surface area contributed by atoms with Crippen molar-refractivity contribution in [1.82, 2.24) is 20.4 Å². The lowest BCUT2D eigenvalue weighted by Gasteiger charge is -2.40. The molecule has 1 aromatic rings. The zero-order valence-electron chi connectivity index (χ0n) is 13.5. The van der Waals surface area contributed by atoms with Crippen LogP contribution in [0.5, 0.6) is 0 Å². The van der Waals surface area contributed by atoms with E-state index in [0.29, 0.717) is 12.0 Å². The van der Waals surface area contributed by atoms with Crippen molar-refractivity contribution in [3.63, 3.8) is 0 Å². The van der Waals surface area contributed by atoms with E-state index in [0.717, 1.165) is 58.2 Å². The standard InChI is InChI=1S/C17H26N4O2/c22-16(20-14-3-1-4-15-13(14)5-12-23-15)17(6-9-18-10-7-17)21-11-2-8-19-21/h2,8,11,13-15,18H,1,3-7,9-10,12H2,(H,20,22). The fraction of sp³-hybridized carbons (Fsp3) is 0.765. The van der Waals surface area contributed by atoms with E-state index >= 15 is 0 Å². The SMILES string of the molecule is O=C(NC1CCCC2OCCC12)C1(n2cccn2)CCNCC1. The number of fused-ring (bicyclic) bond motifs is 1. The molecule has 0 aromatic carbocycles. The third kappa shape index (κ3) is 2.68. The molecule has 0 radical (unpaired) electrons. The second kappa shape index (κ2) is 6.24. The Hall–Kier alpha value is -1.40. The molecule has 6 heteroatoms. The predicted molar refractivity (Wildman–Crippen MR) is 85.9 cm³/mol. The molecule has 3 unspecified atom stereocenters. The molecule has 1 aromatic heterocycles. The summed E-state index contributed by atoms with van der Waals surface area (Å²) in [6.07, 6.45) is 10.0. The number of aromatic nitrogens is 2. The van der Waals surface area contributed by atoms with Gasteiger partial charge in [-0.25, -0.2) is 0 Å². The number of rotatable bonds is 3. The molecule has 2 aliphatic heterocycles. The van der Waals surface area contributed by atoms with Gasteiger partial charge < -0.3 is 15.4 Å². The highest BCUT2D eigenvalue weighted by Crippen LogP contribution is 2.35. The van der Waals surface area contributed by atoms with E-state index in [9.17, 15) is 4.79 Å². The van der Waals surface area contributed by atoms with Crippen molar-refractivity contribution in [2.24, 2.45) is 5.92 Å². The molecule has 1 aliphatic carbocycles. The van der Waals surface area contributed by atoms with Crippen molar-refractivity contribution in [2.45, 2.75) is 56.2 Å². The van der Waals surface area contributed by atoms with Gasteiger partial charge in [-0.05, 0) is 57.7 Å². The Morgan fingerprint density at radius 2 is 2.17 bits per heavy atom. The minimum Gasteiger partial charge on any atom is -0.378 e. The molecule has 0 bridgehead atoms. The van der Waals surface area contributed by atoms with Crippen LogP contribution in [-0.2, 0) is 15.1 Å². The van der Waals surface area contributed by atoms with Crippen LogP contribution in [0.4, 0.5) is 0 Å². The summed E-state index contributed by atoms with van der Waals surface area (Å²) in [5.41, 5.74) is -0.541. The highest BCUT2D eigenvalue weighted by atomic mass is 16.5. The number of carbonyl (C=O) groups excluding carboxylic acids is 1. The molecule has 3 fully saturated rings. The van der Waals surface area contributed by atoms with Crippen molar-refractivity contribution in [3.8, 4) is 0 Å². The maximum atomic E-state index is 13.2. The van der Waals surface area contributed by atoms with Crippen LogP contribution < -0.4 is 10.6 Å². The summed E-state index contributed by atoms with van der Waals surface area (Å²) in [5, 5.41) is 11.1. The van der Waals surface area contributed by atoms with Crippen LogP contribution >= 0.6 is 0 Å². The normalized spacial score (nSPS) is 33.1. The minimum atomic E-state index is -0.541. The molecule has 2 saturated heterocycles. The van der Waals surface area contributed by atoms with Gasteiger partial charge in [-0.2, -0.15) is 5.10 Å². The topological polar surface area (TPSA) is 68.2 Å². The van der Waals surface area contributed by atoms with E-state index in [1.54, 1.807) is 6.20 Å². The van der Waals surface area contributed by atoms with Gasteiger partial charge in [0.2, 0.25) is 5.91 Å². The predicted octanol–water partition coefficient (Wildman–Crippen LogP) is 1.04. The molecular formula is C17H26N4O2. The molecule has 23 heavy (non-hydrogen) atoms. The molecule has 6 nitrogen and oxygen atoms in total. The maximum Gasteiger partial charge on any atom is 0.248 e. The number of carbonyl (C=O) groups is 1. The smallest absolute Gasteiger partial charge is 0.248 e. The molecule has 3 aliphatic rings. The largest absolute Gasteiger partial charge is 0.378 e. The first-order chi connectivity index (χ1) is 11.3. The zero-order valence-corrected chi connectivity index (χ0v) is 13.5. The van der Waals surface area contributed by atoms with Gasteiger partial charge >= 0.3 is 0 Å². The quantitative estimate of drug-likeness (QED) is 0.874. The van der Waals surface area contributed by atoms with E-state index in [1.165, 1.54) is 0 Å². The van der Waals surface area contributed by atoms with Crippen molar-refractivity contribution >= 4 is 5.91 Å². The van der Waals surface area contributed by atoms with Crippen LogP contribution in [0.25, 0.3) is 0 Å². The fourth-order valence-corrected chi connectivity index (χ4v) is 4.58. The van der Waals surface area contributed by atoms with Crippen LogP contribution in [-0.4, -0.2) is 47.5 Å². The first-order valence-electron chi connectivity index (χ1n) is 8.93. The second-order valence-electron chi connectivity index (χ2n) is 7.10. The molecule has 126 valence electrons. The Bertz CT molecular complexity index is 539. The Balaban J connectivity index is 1.53. The molecule has 3 heterocycles. The first kappa shape index (κ1) is 15.1. The highest BCUT2D eigenvalue weighted by molar-refractivity contribution is 5.84. The Morgan fingerprint density at radius 1 is 1.30 bits per heavy atom. The van der Waals surface area contributed by atoms with Crippen molar-refractivity contribution in [1.29, 1.82) is 0 Å². The van der Waals surface area contributed by atoms with Gasteiger partial charge in [-0.1, -0.05) is 0 Å². The lowest BCUT2D eigenvalue weighted by molar-refractivity contribution is -0.133. The van der Waals surface area contributed by atoms with Crippen molar-refractivity contribution < 1.29 is 9.53 Å². The number of nitrogens with one attached hydrogen (secondary N) is 2. The number of nitrogens with zero attached hydrogens (tertiary/aromatic N) is 2. The summed E-state index contributed by atoms with van der Waals surface area (Å²) in [4.78, 5) is 13.2. The number of amides is 1. The average Bonchev–Trinajstić information content (AvgIpc) is 3.27. The fourth-order valence-electron chi connectivity index (χ4n) is 4.58. The van der Waals surface area contributed by atoms with Gasteiger partial charge in [0.15, 0.2) is 0 Å². The summed E-state index contributed by atoms with van der Waals surface area (Å²) in [6, 6.07) is 2.16. The van der Waals surface area contributed by atoms with Gasteiger partial charge in [-0.3, -0.25) is 9.48 Å². The number of hydrogen-bond acceptors (Lipinski definition) is 4. The minimum absolute atomic E-state index is 0.139. The molecular weight excluding hydrogens is 292 g/mol. The van der Waals surface area contributed by atoms with Crippen LogP contribution in [0.1, 0.15) is 38.5 Å². The lowest BCUT2D eigenvalue weighted by Crippen LogP contribution is -2.58. The molecule has 0 spiro atoms. The lowest BCUT2D eigenvalue weighted by atomic mass is 9.80. The van der Waals surface area contributed by atoms with E-state index in [4.69, 9.17) is 4.74 Å². The number of piperidine rings is 1. The second-order valence-corrected chi connectivity index (χ2v) is 7.10. The van der Waals surface area contributed by atoms with Crippen molar-refractivity contribution in [3.05, 3.63) is 18.5 Å². The van der Waals surface area contributed by atoms with Crippen LogP contribution in [0.3, 0.4) is 0 Å².